The zero-order valence-corrected chi connectivity index (χ0v) is 22.9. The number of carbonyl (C=O) groups excluding carboxylic acids is 2. The van der Waals surface area contributed by atoms with E-state index in [9.17, 15) is 14.0 Å². The van der Waals surface area contributed by atoms with Crippen molar-refractivity contribution in [2.75, 3.05) is 5.75 Å². The highest BCUT2D eigenvalue weighted by molar-refractivity contribution is 7.99. The maximum atomic E-state index is 14.6. The summed E-state index contributed by atoms with van der Waals surface area (Å²) < 4.78 is 14.6. The summed E-state index contributed by atoms with van der Waals surface area (Å²) in [7, 11) is 0. The van der Waals surface area contributed by atoms with E-state index in [0.717, 1.165) is 22.6 Å². The Morgan fingerprint density at radius 1 is 1.00 bits per heavy atom. The summed E-state index contributed by atoms with van der Waals surface area (Å²) in [5.41, 5.74) is 1.33. The molecule has 0 fully saturated rings. The first-order chi connectivity index (χ1) is 17.9. The molecule has 0 heterocycles. The summed E-state index contributed by atoms with van der Waals surface area (Å²) in [5.74, 6) is -0.0402. The van der Waals surface area contributed by atoms with Crippen LogP contribution in [-0.4, -0.2) is 34.6 Å². The number of carbonyl (C=O) groups is 2. The maximum Gasteiger partial charge on any atom is 0.243 e. The van der Waals surface area contributed by atoms with Crippen LogP contribution < -0.4 is 5.32 Å². The maximum absolute atomic E-state index is 14.6. The van der Waals surface area contributed by atoms with Crippen LogP contribution in [0.5, 0.6) is 0 Å². The number of amides is 2. The van der Waals surface area contributed by atoms with Crippen molar-refractivity contribution in [3.05, 3.63) is 101 Å². The highest BCUT2D eigenvalue weighted by Gasteiger charge is 2.31. The van der Waals surface area contributed by atoms with Crippen molar-refractivity contribution in [2.45, 2.75) is 63.1 Å². The molecule has 0 aliphatic carbocycles. The third kappa shape index (κ3) is 9.20. The van der Waals surface area contributed by atoms with Crippen molar-refractivity contribution in [1.82, 2.24) is 10.2 Å². The third-order valence-corrected chi connectivity index (χ3v) is 7.54. The second-order valence-corrected chi connectivity index (χ2v) is 10.6. The van der Waals surface area contributed by atoms with E-state index in [1.165, 1.54) is 6.07 Å². The van der Waals surface area contributed by atoms with Crippen molar-refractivity contribution in [2.24, 2.45) is 0 Å². The van der Waals surface area contributed by atoms with Gasteiger partial charge in [-0.3, -0.25) is 9.59 Å². The zero-order chi connectivity index (χ0) is 26.6. The van der Waals surface area contributed by atoms with Gasteiger partial charge in [0.25, 0.3) is 0 Å². The second kappa shape index (κ2) is 14.8. The molecule has 7 heteroatoms. The molecular formula is C30H34ClFN2O2S. The smallest absolute Gasteiger partial charge is 0.243 e. The number of nitrogens with zero attached hydrogens (tertiary/aromatic N) is 1. The van der Waals surface area contributed by atoms with Gasteiger partial charge in [0.2, 0.25) is 11.8 Å². The van der Waals surface area contributed by atoms with Crippen LogP contribution in [0.1, 0.15) is 44.2 Å². The molecular weight excluding hydrogens is 507 g/mol. The van der Waals surface area contributed by atoms with Crippen molar-refractivity contribution in [1.29, 1.82) is 0 Å². The molecule has 4 nitrogen and oxygen atoms in total. The van der Waals surface area contributed by atoms with E-state index in [1.807, 2.05) is 68.4 Å². The Bertz CT molecular complexity index is 1140. The SMILES string of the molecule is CC[C@H](C)NC(=O)[C@H](Cc1ccccc1)N(Cc1ccccc1F)C(=O)CCCSc1ccc(Cl)cc1. The molecule has 0 bridgehead atoms. The molecule has 0 aliphatic heterocycles. The van der Waals surface area contributed by atoms with E-state index in [2.05, 4.69) is 5.32 Å². The van der Waals surface area contributed by atoms with E-state index in [-0.39, 0.29) is 36.6 Å². The van der Waals surface area contributed by atoms with Gasteiger partial charge in [-0.1, -0.05) is 67.1 Å². The highest BCUT2D eigenvalue weighted by atomic mass is 35.5. The van der Waals surface area contributed by atoms with Gasteiger partial charge in [-0.15, -0.1) is 11.8 Å². The van der Waals surface area contributed by atoms with Crippen LogP contribution in [-0.2, 0) is 22.6 Å². The topological polar surface area (TPSA) is 49.4 Å². The van der Waals surface area contributed by atoms with Crippen LogP contribution in [0.25, 0.3) is 0 Å². The molecule has 0 unspecified atom stereocenters. The molecule has 0 aromatic heterocycles. The minimum absolute atomic E-state index is 0.0290. The monoisotopic (exact) mass is 540 g/mol. The number of nitrogens with one attached hydrogen (secondary N) is 1. The summed E-state index contributed by atoms with van der Waals surface area (Å²) in [6, 6.07) is 22.8. The van der Waals surface area contributed by atoms with Gasteiger partial charge in [0.15, 0.2) is 0 Å². The molecule has 3 rings (SSSR count). The summed E-state index contributed by atoms with van der Waals surface area (Å²) in [5, 5.41) is 3.72. The zero-order valence-electron chi connectivity index (χ0n) is 21.3. The number of benzene rings is 3. The molecule has 2 atom stereocenters. The van der Waals surface area contributed by atoms with Crippen LogP contribution in [0.4, 0.5) is 4.39 Å². The van der Waals surface area contributed by atoms with Crippen molar-refractivity contribution >= 4 is 35.2 Å². The predicted octanol–water partition coefficient (Wildman–Crippen LogP) is 6.91. The molecule has 0 saturated carbocycles. The number of halogens is 2. The Hall–Kier alpha value is -2.83. The van der Waals surface area contributed by atoms with Crippen LogP contribution >= 0.6 is 23.4 Å². The van der Waals surface area contributed by atoms with Crippen molar-refractivity contribution in [3.8, 4) is 0 Å². The number of hydrogen-bond acceptors (Lipinski definition) is 3. The van der Waals surface area contributed by atoms with Gasteiger partial charge in [0, 0.05) is 40.9 Å². The fraction of sp³-hybridized carbons (Fsp3) is 0.333. The molecule has 0 aliphatic rings. The molecule has 0 spiro atoms. The summed E-state index contributed by atoms with van der Waals surface area (Å²) in [6.07, 6.45) is 2.01. The average molecular weight is 541 g/mol. The molecule has 3 aromatic carbocycles. The first-order valence-corrected chi connectivity index (χ1v) is 14.0. The van der Waals surface area contributed by atoms with Crippen LogP contribution in [0, 0.1) is 5.82 Å². The predicted molar refractivity (Wildman–Crippen MR) is 150 cm³/mol. The van der Waals surface area contributed by atoms with E-state index in [1.54, 1.807) is 34.9 Å². The fourth-order valence-corrected chi connectivity index (χ4v) is 4.87. The van der Waals surface area contributed by atoms with Crippen molar-refractivity contribution in [3.63, 3.8) is 0 Å². The van der Waals surface area contributed by atoms with E-state index >= 15 is 0 Å². The standard InChI is InChI=1S/C30H34ClFN2O2S/c1-3-22(2)33-30(36)28(20-23-10-5-4-6-11-23)34(21-24-12-7-8-13-27(24)32)29(35)14-9-19-37-26-17-15-25(31)16-18-26/h4-8,10-13,15-18,22,28H,3,9,14,19-21H2,1-2H3,(H,33,36)/t22-,28-/m0/s1. The largest absolute Gasteiger partial charge is 0.352 e. The molecule has 1 N–H and O–H groups in total. The second-order valence-electron chi connectivity index (χ2n) is 9.04. The lowest BCUT2D eigenvalue weighted by molar-refractivity contribution is -0.141. The van der Waals surface area contributed by atoms with Gasteiger partial charge in [-0.25, -0.2) is 4.39 Å². The van der Waals surface area contributed by atoms with Gasteiger partial charge < -0.3 is 10.2 Å². The Balaban J connectivity index is 1.80. The van der Waals surface area contributed by atoms with Crippen LogP contribution in [0.3, 0.4) is 0 Å². The van der Waals surface area contributed by atoms with Gasteiger partial charge in [-0.2, -0.15) is 0 Å². The van der Waals surface area contributed by atoms with Crippen molar-refractivity contribution < 1.29 is 14.0 Å². The first-order valence-electron chi connectivity index (χ1n) is 12.6. The van der Waals surface area contributed by atoms with Gasteiger partial charge in [0.05, 0.1) is 0 Å². The lowest BCUT2D eigenvalue weighted by Crippen LogP contribution is -2.52. The molecule has 196 valence electrons. The molecule has 0 radical (unpaired) electrons. The first kappa shape index (κ1) is 28.7. The Kier molecular flexibility index (Phi) is 11.5. The molecule has 0 saturated heterocycles. The summed E-state index contributed by atoms with van der Waals surface area (Å²) >= 11 is 7.61. The number of hydrogen-bond donors (Lipinski definition) is 1. The van der Waals surface area contributed by atoms with E-state index in [4.69, 9.17) is 11.6 Å². The molecule has 2 amide bonds. The lowest BCUT2D eigenvalue weighted by atomic mass is 10.0. The molecule has 3 aromatic rings. The Morgan fingerprint density at radius 3 is 2.35 bits per heavy atom. The highest BCUT2D eigenvalue weighted by Crippen LogP contribution is 2.23. The third-order valence-electron chi connectivity index (χ3n) is 6.19. The minimum atomic E-state index is -0.757. The number of thioether (sulfide) groups is 1. The Morgan fingerprint density at radius 2 is 1.68 bits per heavy atom. The van der Waals surface area contributed by atoms with Gasteiger partial charge >= 0.3 is 0 Å². The van der Waals surface area contributed by atoms with Crippen LogP contribution in [0.2, 0.25) is 5.02 Å². The summed E-state index contributed by atoms with van der Waals surface area (Å²) in [6.45, 7) is 3.97. The number of rotatable bonds is 13. The Labute approximate surface area is 228 Å². The van der Waals surface area contributed by atoms with E-state index < -0.39 is 6.04 Å². The van der Waals surface area contributed by atoms with Crippen LogP contribution in [0.15, 0.2) is 83.8 Å². The fourth-order valence-electron chi connectivity index (χ4n) is 3.89. The van der Waals surface area contributed by atoms with Gasteiger partial charge in [-0.05, 0) is 61.4 Å². The average Bonchev–Trinajstić information content (AvgIpc) is 2.91. The lowest BCUT2D eigenvalue weighted by Gasteiger charge is -2.32. The van der Waals surface area contributed by atoms with Gasteiger partial charge in [0.1, 0.15) is 11.9 Å². The summed E-state index contributed by atoms with van der Waals surface area (Å²) in [4.78, 5) is 29.7. The minimum Gasteiger partial charge on any atom is -0.352 e. The normalized spacial score (nSPS) is 12.5. The molecule has 37 heavy (non-hydrogen) atoms. The quantitative estimate of drug-likeness (QED) is 0.189. The van der Waals surface area contributed by atoms with E-state index in [0.29, 0.717) is 23.4 Å².